The van der Waals surface area contributed by atoms with Gasteiger partial charge >= 0.3 is 0 Å². The van der Waals surface area contributed by atoms with E-state index < -0.39 is 27.4 Å². The first kappa shape index (κ1) is 19.4. The van der Waals surface area contributed by atoms with E-state index in [0.29, 0.717) is 17.2 Å². The minimum Gasteiger partial charge on any atom is -0.454 e. The van der Waals surface area contributed by atoms with Crippen LogP contribution >= 0.6 is 0 Å². The topological polar surface area (TPSA) is 128 Å². The Kier molecular flexibility index (Phi) is 5.10. The summed E-state index contributed by atoms with van der Waals surface area (Å²) in [6.45, 7) is 0.970. The van der Waals surface area contributed by atoms with Crippen molar-refractivity contribution in [1.82, 2.24) is 0 Å². The van der Waals surface area contributed by atoms with Gasteiger partial charge in [0.25, 0.3) is 5.69 Å². The van der Waals surface area contributed by atoms with Crippen molar-refractivity contribution < 1.29 is 27.6 Å². The lowest BCUT2D eigenvalue weighted by atomic mass is 10.1. The van der Waals surface area contributed by atoms with E-state index in [-0.39, 0.29) is 23.7 Å². The maximum atomic E-state index is 12.4. The van der Waals surface area contributed by atoms with Crippen LogP contribution in [0.2, 0.25) is 0 Å². The largest absolute Gasteiger partial charge is 0.454 e. The molecule has 1 amide bonds. The smallest absolute Gasteiger partial charge is 0.274 e. The van der Waals surface area contributed by atoms with Gasteiger partial charge in [0, 0.05) is 17.8 Å². The molecular formula is C17H17N3O7S. The summed E-state index contributed by atoms with van der Waals surface area (Å²) in [6, 6.07) is 8.83. The van der Waals surface area contributed by atoms with Crippen molar-refractivity contribution in [2.24, 2.45) is 0 Å². The average molecular weight is 407 g/mol. The number of sulfonamides is 1. The average Bonchev–Trinajstić information content (AvgIpc) is 3.07. The summed E-state index contributed by atoms with van der Waals surface area (Å²) in [5.74, 6) is 0.394. The number of rotatable bonds is 6. The molecule has 0 atom stereocenters. The number of anilines is 2. The van der Waals surface area contributed by atoms with Crippen molar-refractivity contribution in [2.75, 3.05) is 29.2 Å². The van der Waals surface area contributed by atoms with Crippen LogP contribution in [0.25, 0.3) is 0 Å². The van der Waals surface area contributed by atoms with Crippen molar-refractivity contribution in [3.63, 3.8) is 0 Å². The van der Waals surface area contributed by atoms with Gasteiger partial charge in [-0.15, -0.1) is 0 Å². The standard InChI is InChI=1S/C17H17N3O7S/c1-11-13(4-3-5-14(11)20(22)23)19(28(2,24)25)9-17(21)18-12-6-7-15-16(8-12)27-10-26-15/h3-8H,9-10H2,1-2H3,(H,18,21). The molecule has 0 aliphatic carbocycles. The van der Waals surface area contributed by atoms with Crippen LogP contribution in [-0.4, -0.2) is 38.8 Å². The zero-order valence-corrected chi connectivity index (χ0v) is 15.9. The SMILES string of the molecule is Cc1c(N(CC(=O)Nc2ccc3c(c2)OCO3)S(C)(=O)=O)cccc1[N+](=O)[O-]. The van der Waals surface area contributed by atoms with E-state index in [2.05, 4.69) is 5.32 Å². The Bertz CT molecular complexity index is 1050. The zero-order valence-electron chi connectivity index (χ0n) is 15.0. The molecule has 0 aromatic heterocycles. The van der Waals surface area contributed by atoms with Crippen molar-refractivity contribution in [3.8, 4) is 11.5 Å². The minimum atomic E-state index is -3.87. The van der Waals surface area contributed by atoms with E-state index in [9.17, 15) is 23.3 Å². The second kappa shape index (κ2) is 7.35. The van der Waals surface area contributed by atoms with Crippen molar-refractivity contribution >= 4 is 33.0 Å². The first-order chi connectivity index (χ1) is 13.2. The molecule has 0 bridgehead atoms. The highest BCUT2D eigenvalue weighted by molar-refractivity contribution is 7.92. The number of nitrogens with zero attached hydrogens (tertiary/aromatic N) is 2. The second-order valence-electron chi connectivity index (χ2n) is 6.06. The molecule has 1 aliphatic rings. The van der Waals surface area contributed by atoms with E-state index >= 15 is 0 Å². The highest BCUT2D eigenvalue weighted by Gasteiger charge is 2.26. The lowest BCUT2D eigenvalue weighted by molar-refractivity contribution is -0.385. The van der Waals surface area contributed by atoms with Gasteiger partial charge in [-0.25, -0.2) is 8.42 Å². The third kappa shape index (κ3) is 3.98. The number of hydrogen-bond donors (Lipinski definition) is 1. The van der Waals surface area contributed by atoms with Crippen LogP contribution in [0, 0.1) is 17.0 Å². The number of nitrogens with one attached hydrogen (secondary N) is 1. The van der Waals surface area contributed by atoms with Gasteiger partial charge in [0.05, 0.1) is 22.4 Å². The van der Waals surface area contributed by atoms with E-state index in [1.165, 1.54) is 25.1 Å². The summed E-state index contributed by atoms with van der Waals surface area (Å²) >= 11 is 0. The van der Waals surface area contributed by atoms with Gasteiger partial charge < -0.3 is 14.8 Å². The molecule has 3 rings (SSSR count). The molecule has 0 unspecified atom stereocenters. The molecule has 28 heavy (non-hydrogen) atoms. The number of amides is 1. The van der Waals surface area contributed by atoms with Gasteiger partial charge in [0.15, 0.2) is 11.5 Å². The summed E-state index contributed by atoms with van der Waals surface area (Å²) in [4.78, 5) is 23.0. The fraction of sp³-hybridized carbons (Fsp3) is 0.235. The number of carbonyl (C=O) groups is 1. The molecule has 1 aliphatic heterocycles. The lowest BCUT2D eigenvalue weighted by Crippen LogP contribution is -2.37. The van der Waals surface area contributed by atoms with Crippen LogP contribution in [0.3, 0.4) is 0 Å². The predicted octanol–water partition coefficient (Wildman–Crippen LogP) is 2.04. The fourth-order valence-electron chi connectivity index (χ4n) is 2.77. The van der Waals surface area contributed by atoms with E-state index in [0.717, 1.165) is 10.6 Å². The molecule has 0 fully saturated rings. The van der Waals surface area contributed by atoms with Gasteiger partial charge in [-0.05, 0) is 25.1 Å². The minimum absolute atomic E-state index is 0.0672. The summed E-state index contributed by atoms with van der Waals surface area (Å²) < 4.78 is 35.7. The normalized spacial score (nSPS) is 12.5. The van der Waals surface area contributed by atoms with Crippen LogP contribution in [-0.2, 0) is 14.8 Å². The molecule has 2 aromatic carbocycles. The molecule has 11 heteroatoms. The Morgan fingerprint density at radius 3 is 2.64 bits per heavy atom. The van der Waals surface area contributed by atoms with Gasteiger partial charge in [-0.1, -0.05) is 6.07 Å². The van der Waals surface area contributed by atoms with Crippen LogP contribution in [0.15, 0.2) is 36.4 Å². The van der Waals surface area contributed by atoms with Crippen LogP contribution in [0.5, 0.6) is 11.5 Å². The Labute approximate surface area is 160 Å². The van der Waals surface area contributed by atoms with Gasteiger partial charge in [0.2, 0.25) is 22.7 Å². The number of ether oxygens (including phenoxy) is 2. The number of fused-ring (bicyclic) bond motifs is 1. The molecule has 2 aromatic rings. The maximum absolute atomic E-state index is 12.4. The lowest BCUT2D eigenvalue weighted by Gasteiger charge is -2.23. The molecule has 0 radical (unpaired) electrons. The maximum Gasteiger partial charge on any atom is 0.274 e. The van der Waals surface area contributed by atoms with Crippen molar-refractivity contribution in [3.05, 3.63) is 52.1 Å². The molecule has 0 saturated heterocycles. The summed E-state index contributed by atoms with van der Waals surface area (Å²) in [5.41, 5.74) is 0.382. The fourth-order valence-corrected chi connectivity index (χ4v) is 3.67. The first-order valence-corrected chi connectivity index (χ1v) is 9.93. The van der Waals surface area contributed by atoms with Crippen LogP contribution in [0.4, 0.5) is 17.1 Å². The number of hydrogen-bond acceptors (Lipinski definition) is 7. The summed E-state index contributed by atoms with van der Waals surface area (Å²) in [6.07, 6.45) is 0.930. The Morgan fingerprint density at radius 2 is 1.96 bits per heavy atom. The van der Waals surface area contributed by atoms with Gasteiger partial charge in [-0.3, -0.25) is 19.2 Å². The third-order valence-electron chi connectivity index (χ3n) is 4.09. The number of nitro benzene ring substituents is 1. The Morgan fingerprint density at radius 1 is 1.25 bits per heavy atom. The predicted molar refractivity (Wildman–Crippen MR) is 101 cm³/mol. The molecule has 148 valence electrons. The highest BCUT2D eigenvalue weighted by Crippen LogP contribution is 2.34. The second-order valence-corrected chi connectivity index (χ2v) is 7.97. The summed E-state index contributed by atoms with van der Waals surface area (Å²) in [7, 11) is -3.87. The molecule has 0 spiro atoms. The van der Waals surface area contributed by atoms with Crippen molar-refractivity contribution in [1.29, 1.82) is 0 Å². The molecule has 1 N–H and O–H groups in total. The van der Waals surface area contributed by atoms with Crippen LogP contribution in [0.1, 0.15) is 5.56 Å². The first-order valence-electron chi connectivity index (χ1n) is 8.08. The number of nitro groups is 1. The van der Waals surface area contributed by atoms with Gasteiger partial charge in [0.1, 0.15) is 6.54 Å². The molecule has 0 saturated carbocycles. The summed E-state index contributed by atoms with van der Waals surface area (Å²) in [5, 5.41) is 13.7. The van der Waals surface area contributed by atoms with Crippen LogP contribution < -0.4 is 19.1 Å². The Balaban J connectivity index is 1.85. The van der Waals surface area contributed by atoms with E-state index in [4.69, 9.17) is 9.47 Å². The zero-order chi connectivity index (χ0) is 20.5. The Hall–Kier alpha value is -3.34. The van der Waals surface area contributed by atoms with E-state index in [1.54, 1.807) is 18.2 Å². The van der Waals surface area contributed by atoms with Gasteiger partial charge in [-0.2, -0.15) is 0 Å². The van der Waals surface area contributed by atoms with E-state index in [1.807, 2.05) is 0 Å². The number of carbonyl (C=O) groups excluding carboxylic acids is 1. The number of benzene rings is 2. The molecule has 1 heterocycles. The molecule has 10 nitrogen and oxygen atoms in total. The highest BCUT2D eigenvalue weighted by atomic mass is 32.2. The third-order valence-corrected chi connectivity index (χ3v) is 5.21. The molecular weight excluding hydrogens is 390 g/mol. The van der Waals surface area contributed by atoms with Crippen molar-refractivity contribution in [2.45, 2.75) is 6.92 Å². The quantitative estimate of drug-likeness (QED) is 0.573. The monoisotopic (exact) mass is 407 g/mol.